The van der Waals surface area contributed by atoms with Crippen LogP contribution < -0.4 is 0 Å². The fourth-order valence-corrected chi connectivity index (χ4v) is 1.44. The second-order valence-corrected chi connectivity index (χ2v) is 3.20. The van der Waals surface area contributed by atoms with E-state index < -0.39 is 12.1 Å². The van der Waals surface area contributed by atoms with Crippen LogP contribution in [0, 0.1) is 0 Å². The highest BCUT2D eigenvalue weighted by Gasteiger charge is 2.15. The third kappa shape index (κ3) is 2.28. The van der Waals surface area contributed by atoms with Gasteiger partial charge in [-0.2, -0.15) is 0 Å². The standard InChI is InChI=1S/C7H5BrClF2NO/c8-2-3-1-4(7(10)11)12-6(9)5(3)13/h1,7,13H,2H2. The van der Waals surface area contributed by atoms with Gasteiger partial charge in [0.2, 0.25) is 0 Å². The third-order valence-electron chi connectivity index (χ3n) is 1.42. The molecule has 0 atom stereocenters. The molecule has 0 aromatic carbocycles. The fraction of sp³-hybridized carbons (Fsp3) is 0.286. The maximum absolute atomic E-state index is 12.2. The molecule has 0 aliphatic rings. The lowest BCUT2D eigenvalue weighted by molar-refractivity contribution is 0.146. The van der Waals surface area contributed by atoms with Crippen LogP contribution in [-0.4, -0.2) is 10.1 Å². The molecule has 0 fully saturated rings. The lowest BCUT2D eigenvalue weighted by atomic mass is 10.2. The van der Waals surface area contributed by atoms with Crippen molar-refractivity contribution < 1.29 is 13.9 Å². The highest BCUT2D eigenvalue weighted by atomic mass is 79.9. The summed E-state index contributed by atoms with van der Waals surface area (Å²) in [5, 5.41) is 9.19. The van der Waals surface area contributed by atoms with Gasteiger partial charge in [-0.1, -0.05) is 27.5 Å². The Bertz CT molecular complexity index is 322. The summed E-state index contributed by atoms with van der Waals surface area (Å²) in [6.07, 6.45) is -2.68. The molecule has 1 heterocycles. The van der Waals surface area contributed by atoms with E-state index in [1.54, 1.807) is 0 Å². The zero-order valence-electron chi connectivity index (χ0n) is 6.27. The molecule has 0 spiro atoms. The Kier molecular flexibility index (Phi) is 3.44. The summed E-state index contributed by atoms with van der Waals surface area (Å²) in [5.41, 5.74) is -0.132. The molecule has 0 bridgehead atoms. The second kappa shape index (κ2) is 4.19. The first-order valence-corrected chi connectivity index (χ1v) is 4.78. The van der Waals surface area contributed by atoms with Gasteiger partial charge in [0.05, 0.1) is 0 Å². The molecule has 2 nitrogen and oxygen atoms in total. The Morgan fingerprint density at radius 3 is 2.69 bits per heavy atom. The van der Waals surface area contributed by atoms with Gasteiger partial charge in [0.25, 0.3) is 6.43 Å². The van der Waals surface area contributed by atoms with Crippen molar-refractivity contribution in [2.45, 2.75) is 11.8 Å². The number of rotatable bonds is 2. The minimum absolute atomic E-state index is 0.251. The van der Waals surface area contributed by atoms with E-state index >= 15 is 0 Å². The van der Waals surface area contributed by atoms with Crippen molar-refractivity contribution in [1.29, 1.82) is 0 Å². The number of nitrogens with zero attached hydrogens (tertiary/aromatic N) is 1. The lowest BCUT2D eigenvalue weighted by Gasteiger charge is -2.05. The number of halogens is 4. The molecule has 1 aromatic rings. The molecule has 0 saturated carbocycles. The van der Waals surface area contributed by atoms with Crippen LogP contribution in [0.4, 0.5) is 8.78 Å². The Morgan fingerprint density at radius 1 is 1.62 bits per heavy atom. The van der Waals surface area contributed by atoms with Gasteiger partial charge in [-0.3, -0.25) is 0 Å². The van der Waals surface area contributed by atoms with E-state index in [2.05, 4.69) is 20.9 Å². The van der Waals surface area contributed by atoms with Crippen LogP contribution in [0.5, 0.6) is 5.75 Å². The van der Waals surface area contributed by atoms with Gasteiger partial charge in [0, 0.05) is 10.9 Å². The topological polar surface area (TPSA) is 33.1 Å². The van der Waals surface area contributed by atoms with E-state index in [9.17, 15) is 13.9 Å². The normalized spacial score (nSPS) is 10.8. The zero-order valence-corrected chi connectivity index (χ0v) is 8.61. The summed E-state index contributed by atoms with van der Waals surface area (Å²) < 4.78 is 24.4. The predicted octanol–water partition coefficient (Wildman–Crippen LogP) is 3.27. The van der Waals surface area contributed by atoms with Gasteiger partial charge in [-0.25, -0.2) is 13.8 Å². The van der Waals surface area contributed by atoms with E-state index in [1.807, 2.05) is 0 Å². The van der Waals surface area contributed by atoms with E-state index in [0.717, 1.165) is 6.07 Å². The molecular weight excluding hydrogens is 267 g/mol. The van der Waals surface area contributed by atoms with Crippen molar-refractivity contribution in [2.75, 3.05) is 0 Å². The first-order chi connectivity index (χ1) is 6.06. The van der Waals surface area contributed by atoms with Gasteiger partial charge >= 0.3 is 0 Å². The van der Waals surface area contributed by atoms with Crippen molar-refractivity contribution in [3.63, 3.8) is 0 Å². The number of aromatic nitrogens is 1. The molecule has 0 aliphatic carbocycles. The Hall–Kier alpha value is -0.420. The van der Waals surface area contributed by atoms with Gasteiger partial charge in [-0.05, 0) is 6.07 Å². The summed E-state index contributed by atoms with van der Waals surface area (Å²) in [4.78, 5) is 3.33. The lowest BCUT2D eigenvalue weighted by Crippen LogP contribution is -1.93. The molecular formula is C7H5BrClF2NO. The van der Waals surface area contributed by atoms with Gasteiger partial charge in [0.15, 0.2) is 10.9 Å². The van der Waals surface area contributed by atoms with Gasteiger partial charge < -0.3 is 5.11 Å². The quantitative estimate of drug-likeness (QED) is 0.662. The number of pyridine rings is 1. The van der Waals surface area contributed by atoms with Crippen molar-refractivity contribution in [1.82, 2.24) is 4.98 Å². The van der Waals surface area contributed by atoms with E-state index in [-0.39, 0.29) is 16.2 Å². The van der Waals surface area contributed by atoms with Gasteiger partial charge in [-0.15, -0.1) is 0 Å². The molecule has 0 amide bonds. The van der Waals surface area contributed by atoms with Crippen LogP contribution in [0.3, 0.4) is 0 Å². The smallest absolute Gasteiger partial charge is 0.280 e. The fourth-order valence-electron chi connectivity index (χ4n) is 0.792. The van der Waals surface area contributed by atoms with Crippen LogP contribution in [-0.2, 0) is 5.33 Å². The Morgan fingerprint density at radius 2 is 2.23 bits per heavy atom. The maximum atomic E-state index is 12.2. The summed E-state index contributed by atoms with van der Waals surface area (Å²) in [6, 6.07) is 1.11. The first-order valence-electron chi connectivity index (χ1n) is 3.28. The summed E-state index contributed by atoms with van der Waals surface area (Å²) in [5.74, 6) is -0.261. The number of alkyl halides is 3. The van der Waals surface area contributed by atoms with Gasteiger partial charge in [0.1, 0.15) is 5.69 Å². The van der Waals surface area contributed by atoms with Crippen LogP contribution >= 0.6 is 27.5 Å². The molecule has 1 rings (SSSR count). The minimum Gasteiger partial charge on any atom is -0.504 e. The van der Waals surface area contributed by atoms with E-state index in [4.69, 9.17) is 11.6 Å². The molecule has 0 saturated heterocycles. The van der Waals surface area contributed by atoms with Crippen LogP contribution in [0.1, 0.15) is 17.7 Å². The molecule has 6 heteroatoms. The average molecular weight is 272 g/mol. The van der Waals surface area contributed by atoms with Crippen LogP contribution in [0.2, 0.25) is 5.15 Å². The summed E-state index contributed by atoms with van der Waals surface area (Å²) in [6.45, 7) is 0. The average Bonchev–Trinajstić information content (AvgIpc) is 2.09. The molecule has 13 heavy (non-hydrogen) atoms. The third-order valence-corrected chi connectivity index (χ3v) is 2.28. The summed E-state index contributed by atoms with van der Waals surface area (Å²) >= 11 is 8.46. The molecule has 1 N–H and O–H groups in total. The number of hydrogen-bond acceptors (Lipinski definition) is 2. The van der Waals surface area contributed by atoms with E-state index in [1.165, 1.54) is 0 Å². The molecule has 0 aliphatic heterocycles. The van der Waals surface area contributed by atoms with Crippen LogP contribution in [0.25, 0.3) is 0 Å². The van der Waals surface area contributed by atoms with Crippen molar-refractivity contribution in [2.24, 2.45) is 0 Å². The Balaban J connectivity index is 3.22. The zero-order chi connectivity index (χ0) is 10.0. The maximum Gasteiger partial charge on any atom is 0.280 e. The molecule has 1 aromatic heterocycles. The minimum atomic E-state index is -2.68. The number of aromatic hydroxyl groups is 1. The molecule has 72 valence electrons. The monoisotopic (exact) mass is 271 g/mol. The predicted molar refractivity (Wildman–Crippen MR) is 48.5 cm³/mol. The highest BCUT2D eigenvalue weighted by Crippen LogP contribution is 2.30. The van der Waals surface area contributed by atoms with Crippen molar-refractivity contribution in [3.05, 3.63) is 22.5 Å². The highest BCUT2D eigenvalue weighted by molar-refractivity contribution is 9.08. The molecule has 0 radical (unpaired) electrons. The van der Waals surface area contributed by atoms with Crippen molar-refractivity contribution in [3.8, 4) is 5.75 Å². The van der Waals surface area contributed by atoms with E-state index in [0.29, 0.717) is 5.56 Å². The molecule has 0 unspecified atom stereocenters. The summed E-state index contributed by atoms with van der Waals surface area (Å²) in [7, 11) is 0. The largest absolute Gasteiger partial charge is 0.504 e. The Labute approximate surface area is 86.7 Å². The van der Waals surface area contributed by atoms with Crippen LogP contribution in [0.15, 0.2) is 6.07 Å². The SMILES string of the molecule is Oc1c(CBr)cc(C(F)F)nc1Cl. The number of hydrogen-bond donors (Lipinski definition) is 1. The van der Waals surface area contributed by atoms with Crippen molar-refractivity contribution >= 4 is 27.5 Å². The first kappa shape index (κ1) is 10.7. The second-order valence-electron chi connectivity index (χ2n) is 2.28.